The first-order valence-electron chi connectivity index (χ1n) is 9.92. The van der Waals surface area contributed by atoms with Crippen LogP contribution < -0.4 is 15.6 Å². The fourth-order valence-electron chi connectivity index (χ4n) is 3.78. The van der Waals surface area contributed by atoms with Crippen molar-refractivity contribution in [3.8, 4) is 17.3 Å². The quantitative estimate of drug-likeness (QED) is 0.388. The fraction of sp³-hybridized carbons (Fsp3) is 0.0833. The van der Waals surface area contributed by atoms with Gasteiger partial charge in [0.15, 0.2) is 0 Å². The molecule has 0 saturated heterocycles. The Morgan fingerprint density at radius 2 is 1.81 bits per heavy atom. The number of para-hydroxylation sites is 2. The standard InChI is InChI=1S/C24H17BrFN3O3/c25-16-10-11-21-15(12-16)13-18-23(31)29(17-6-2-1-3-7-17)28(24(18)32-21)14-22(30)27-20-9-5-4-8-19(20)26/h1-12H,13-14H2,(H,27,30). The number of rotatable bonds is 4. The molecule has 2 heterocycles. The lowest BCUT2D eigenvalue weighted by Gasteiger charge is -2.20. The largest absolute Gasteiger partial charge is 0.439 e. The number of fused-ring (bicyclic) bond motifs is 2. The summed E-state index contributed by atoms with van der Waals surface area (Å²) in [5.74, 6) is -0.0964. The van der Waals surface area contributed by atoms with Gasteiger partial charge < -0.3 is 10.1 Å². The Labute approximate surface area is 191 Å². The number of benzene rings is 3. The van der Waals surface area contributed by atoms with Crippen LogP contribution in [0.1, 0.15) is 11.1 Å². The van der Waals surface area contributed by atoms with E-state index in [0.29, 0.717) is 29.3 Å². The number of anilines is 1. The molecule has 1 aliphatic rings. The summed E-state index contributed by atoms with van der Waals surface area (Å²) >= 11 is 3.45. The number of aromatic nitrogens is 2. The second-order valence-corrected chi connectivity index (χ2v) is 8.27. The molecule has 8 heteroatoms. The average molecular weight is 494 g/mol. The van der Waals surface area contributed by atoms with Gasteiger partial charge in [0, 0.05) is 16.5 Å². The maximum Gasteiger partial charge on any atom is 0.278 e. The van der Waals surface area contributed by atoms with Crippen LogP contribution in [0.5, 0.6) is 11.6 Å². The maximum absolute atomic E-state index is 14.0. The highest BCUT2D eigenvalue weighted by Gasteiger charge is 2.29. The lowest BCUT2D eigenvalue weighted by molar-refractivity contribution is -0.117. The van der Waals surface area contributed by atoms with Gasteiger partial charge in [-0.05, 0) is 42.5 Å². The smallest absolute Gasteiger partial charge is 0.278 e. The van der Waals surface area contributed by atoms with Gasteiger partial charge in [-0.25, -0.2) is 13.8 Å². The van der Waals surface area contributed by atoms with Gasteiger partial charge in [-0.3, -0.25) is 9.59 Å². The first-order valence-corrected chi connectivity index (χ1v) is 10.7. The van der Waals surface area contributed by atoms with E-state index in [9.17, 15) is 14.0 Å². The van der Waals surface area contributed by atoms with E-state index in [2.05, 4.69) is 21.2 Å². The van der Waals surface area contributed by atoms with E-state index in [0.717, 1.165) is 10.0 Å². The summed E-state index contributed by atoms with van der Waals surface area (Å²) < 4.78 is 23.9. The van der Waals surface area contributed by atoms with E-state index in [4.69, 9.17) is 4.74 Å². The third kappa shape index (κ3) is 3.62. The molecule has 0 bridgehead atoms. The molecule has 1 N–H and O–H groups in total. The van der Waals surface area contributed by atoms with E-state index < -0.39 is 11.7 Å². The summed E-state index contributed by atoms with van der Waals surface area (Å²) in [6.07, 6.45) is 0.373. The van der Waals surface area contributed by atoms with E-state index >= 15 is 0 Å². The lowest BCUT2D eigenvalue weighted by atomic mass is 10.0. The molecule has 1 amide bonds. The highest BCUT2D eigenvalue weighted by Crippen LogP contribution is 2.37. The molecule has 3 aromatic carbocycles. The Kier molecular flexibility index (Phi) is 5.14. The molecule has 160 valence electrons. The van der Waals surface area contributed by atoms with Gasteiger partial charge in [-0.15, -0.1) is 0 Å². The molecule has 4 aromatic rings. The second-order valence-electron chi connectivity index (χ2n) is 7.35. The minimum absolute atomic E-state index is 0.0725. The lowest BCUT2D eigenvalue weighted by Crippen LogP contribution is -2.27. The Hall–Kier alpha value is -3.65. The summed E-state index contributed by atoms with van der Waals surface area (Å²) in [7, 11) is 0. The monoisotopic (exact) mass is 493 g/mol. The molecule has 0 aliphatic carbocycles. The van der Waals surface area contributed by atoms with Gasteiger partial charge in [0.2, 0.25) is 11.8 Å². The molecular formula is C24H17BrFN3O3. The van der Waals surface area contributed by atoms with E-state index in [1.165, 1.54) is 21.5 Å². The Morgan fingerprint density at radius 1 is 1.06 bits per heavy atom. The summed E-state index contributed by atoms with van der Waals surface area (Å²) in [5.41, 5.74) is 1.73. The first-order chi connectivity index (χ1) is 15.5. The maximum atomic E-state index is 14.0. The van der Waals surface area contributed by atoms with Crippen molar-refractivity contribution in [3.05, 3.63) is 105 Å². The normalized spacial score (nSPS) is 11.9. The molecule has 32 heavy (non-hydrogen) atoms. The predicted octanol–water partition coefficient (Wildman–Crippen LogP) is 4.88. The Balaban J connectivity index is 1.58. The predicted molar refractivity (Wildman–Crippen MR) is 122 cm³/mol. The third-order valence-electron chi connectivity index (χ3n) is 5.22. The van der Waals surface area contributed by atoms with E-state index in [-0.39, 0.29) is 17.8 Å². The SMILES string of the molecule is O=C(Cn1c2c(c(=O)n1-c1ccccc1)Cc1cc(Br)ccc1O2)Nc1ccccc1F. The third-order valence-corrected chi connectivity index (χ3v) is 5.72. The van der Waals surface area contributed by atoms with Crippen molar-refractivity contribution in [2.75, 3.05) is 5.32 Å². The van der Waals surface area contributed by atoms with Crippen molar-refractivity contribution in [1.82, 2.24) is 9.36 Å². The summed E-state index contributed by atoms with van der Waals surface area (Å²) in [6, 6.07) is 20.5. The number of carbonyl (C=O) groups excluding carboxylic acids is 1. The molecule has 0 fully saturated rings. The van der Waals surface area contributed by atoms with Crippen molar-refractivity contribution >= 4 is 27.5 Å². The van der Waals surface area contributed by atoms with Crippen LogP contribution in [-0.4, -0.2) is 15.3 Å². The first kappa shape index (κ1) is 20.3. The molecule has 1 aliphatic heterocycles. The fourth-order valence-corrected chi connectivity index (χ4v) is 4.19. The van der Waals surface area contributed by atoms with Gasteiger partial charge in [-0.1, -0.05) is 46.3 Å². The number of hydrogen-bond donors (Lipinski definition) is 1. The number of amides is 1. The zero-order chi connectivity index (χ0) is 22.2. The second kappa shape index (κ2) is 8.12. The zero-order valence-corrected chi connectivity index (χ0v) is 18.3. The zero-order valence-electron chi connectivity index (χ0n) is 16.7. The summed E-state index contributed by atoms with van der Waals surface area (Å²) in [6.45, 7) is -0.236. The summed E-state index contributed by atoms with van der Waals surface area (Å²) in [4.78, 5) is 26.2. The van der Waals surface area contributed by atoms with Crippen LogP contribution >= 0.6 is 15.9 Å². The van der Waals surface area contributed by atoms with Crippen LogP contribution in [0, 0.1) is 5.82 Å². The molecule has 0 saturated carbocycles. The molecule has 0 atom stereocenters. The van der Waals surface area contributed by atoms with E-state index in [1.54, 1.807) is 24.3 Å². The van der Waals surface area contributed by atoms with Crippen LogP contribution in [0.4, 0.5) is 10.1 Å². The molecule has 1 aromatic heterocycles. The topological polar surface area (TPSA) is 65.3 Å². The van der Waals surface area contributed by atoms with Gasteiger partial charge in [0.1, 0.15) is 18.1 Å². The highest BCUT2D eigenvalue weighted by molar-refractivity contribution is 9.10. The summed E-state index contributed by atoms with van der Waals surface area (Å²) in [5, 5.41) is 2.57. The van der Waals surface area contributed by atoms with Crippen molar-refractivity contribution in [2.24, 2.45) is 0 Å². The molecule has 0 radical (unpaired) electrons. The number of hydrogen-bond acceptors (Lipinski definition) is 3. The molecular weight excluding hydrogens is 477 g/mol. The van der Waals surface area contributed by atoms with Crippen LogP contribution in [0.15, 0.2) is 82.1 Å². The highest BCUT2D eigenvalue weighted by atomic mass is 79.9. The van der Waals surface area contributed by atoms with Crippen LogP contribution in [0.3, 0.4) is 0 Å². The van der Waals surface area contributed by atoms with Gasteiger partial charge >= 0.3 is 0 Å². The minimum Gasteiger partial charge on any atom is -0.439 e. The van der Waals surface area contributed by atoms with Gasteiger partial charge in [0.05, 0.1) is 16.9 Å². The van der Waals surface area contributed by atoms with E-state index in [1.807, 2.05) is 36.4 Å². The van der Waals surface area contributed by atoms with Crippen LogP contribution in [0.25, 0.3) is 5.69 Å². The molecule has 6 nitrogen and oxygen atoms in total. The van der Waals surface area contributed by atoms with Crippen LogP contribution in [-0.2, 0) is 17.8 Å². The Bertz CT molecular complexity index is 1400. The van der Waals surface area contributed by atoms with Crippen molar-refractivity contribution in [2.45, 2.75) is 13.0 Å². The van der Waals surface area contributed by atoms with Gasteiger partial charge in [-0.2, -0.15) is 0 Å². The number of carbonyl (C=O) groups is 1. The number of nitrogens with one attached hydrogen (secondary N) is 1. The molecule has 0 spiro atoms. The molecule has 5 rings (SSSR count). The number of ether oxygens (including phenoxy) is 1. The van der Waals surface area contributed by atoms with Crippen molar-refractivity contribution < 1.29 is 13.9 Å². The number of nitrogens with zero attached hydrogens (tertiary/aromatic N) is 2. The number of halogens is 2. The Morgan fingerprint density at radius 3 is 2.59 bits per heavy atom. The minimum atomic E-state index is -0.536. The van der Waals surface area contributed by atoms with Gasteiger partial charge in [0.25, 0.3) is 5.56 Å². The van der Waals surface area contributed by atoms with Crippen molar-refractivity contribution in [1.29, 1.82) is 0 Å². The molecule has 0 unspecified atom stereocenters. The average Bonchev–Trinajstić information content (AvgIpc) is 3.05. The van der Waals surface area contributed by atoms with Crippen LogP contribution in [0.2, 0.25) is 0 Å². The van der Waals surface area contributed by atoms with Crippen molar-refractivity contribution in [3.63, 3.8) is 0 Å².